The van der Waals surface area contributed by atoms with Crippen LogP contribution in [0.3, 0.4) is 0 Å². The zero-order valence-electron chi connectivity index (χ0n) is 12.3. The van der Waals surface area contributed by atoms with Crippen molar-refractivity contribution < 1.29 is 19.4 Å². The van der Waals surface area contributed by atoms with Gasteiger partial charge in [-0.2, -0.15) is 0 Å². The van der Waals surface area contributed by atoms with E-state index in [0.717, 1.165) is 4.47 Å². The molecule has 1 amide bonds. The third-order valence-corrected chi connectivity index (χ3v) is 3.49. The van der Waals surface area contributed by atoms with Crippen LogP contribution >= 0.6 is 15.9 Å². The summed E-state index contributed by atoms with van der Waals surface area (Å²) >= 11 is 3.33. The molecule has 1 unspecified atom stereocenters. The van der Waals surface area contributed by atoms with Gasteiger partial charge >= 0.3 is 5.97 Å². The Labute approximate surface area is 132 Å². The molecule has 0 aliphatic heterocycles. The minimum absolute atomic E-state index is 0.172. The van der Waals surface area contributed by atoms with Crippen LogP contribution in [0.2, 0.25) is 0 Å². The molecule has 0 saturated carbocycles. The third-order valence-electron chi connectivity index (χ3n) is 2.83. The van der Waals surface area contributed by atoms with Crippen molar-refractivity contribution in [2.45, 2.75) is 39.3 Å². The van der Waals surface area contributed by atoms with Crippen molar-refractivity contribution in [3.05, 3.63) is 28.7 Å². The molecule has 116 valence electrons. The summed E-state index contributed by atoms with van der Waals surface area (Å²) in [7, 11) is 0. The highest BCUT2D eigenvalue weighted by atomic mass is 79.9. The minimum atomic E-state index is -1.04. The summed E-state index contributed by atoms with van der Waals surface area (Å²) in [6.07, 6.45) is -0.402. The molecule has 21 heavy (non-hydrogen) atoms. The number of ether oxygens (including phenoxy) is 1. The fourth-order valence-corrected chi connectivity index (χ4v) is 2.14. The van der Waals surface area contributed by atoms with Gasteiger partial charge in [0.2, 0.25) is 0 Å². The van der Waals surface area contributed by atoms with Gasteiger partial charge in [-0.15, -0.1) is 0 Å². The lowest BCUT2D eigenvalue weighted by molar-refractivity contribution is -0.143. The van der Waals surface area contributed by atoms with Gasteiger partial charge in [0, 0.05) is 0 Å². The Morgan fingerprint density at radius 1 is 1.29 bits per heavy atom. The smallest absolute Gasteiger partial charge is 0.326 e. The van der Waals surface area contributed by atoms with Crippen molar-refractivity contribution in [1.82, 2.24) is 5.32 Å². The van der Waals surface area contributed by atoms with Crippen molar-refractivity contribution in [2.24, 2.45) is 5.92 Å². The normalized spacial score (nSPS) is 13.6. The van der Waals surface area contributed by atoms with E-state index in [4.69, 9.17) is 9.84 Å². The molecule has 0 radical (unpaired) electrons. The quantitative estimate of drug-likeness (QED) is 0.786. The van der Waals surface area contributed by atoms with Gasteiger partial charge in [-0.05, 0) is 47.3 Å². The van der Waals surface area contributed by atoms with E-state index in [9.17, 15) is 9.59 Å². The van der Waals surface area contributed by atoms with Crippen LogP contribution in [0.15, 0.2) is 28.7 Å². The number of hydrogen-bond acceptors (Lipinski definition) is 3. The number of carbonyl (C=O) groups is 2. The van der Waals surface area contributed by atoms with Gasteiger partial charge in [-0.3, -0.25) is 4.79 Å². The Bertz CT molecular complexity index is 504. The Kier molecular flexibility index (Phi) is 6.68. The van der Waals surface area contributed by atoms with Crippen molar-refractivity contribution in [1.29, 1.82) is 0 Å². The fourth-order valence-electron chi connectivity index (χ4n) is 1.77. The zero-order chi connectivity index (χ0) is 16.0. The Hall–Kier alpha value is -1.56. The van der Waals surface area contributed by atoms with E-state index in [1.807, 2.05) is 19.9 Å². The monoisotopic (exact) mass is 357 g/mol. The molecule has 0 aliphatic carbocycles. The van der Waals surface area contributed by atoms with Crippen LogP contribution in [0.5, 0.6) is 5.75 Å². The van der Waals surface area contributed by atoms with Crippen LogP contribution in [0.25, 0.3) is 0 Å². The standard InChI is InChI=1S/C15H20BrNO4/c1-9(2)8-12(15(19)20)17-14(18)10(3)21-13-7-5-4-6-11(13)16/h4-7,9-10,12H,8H2,1-3H3,(H,17,18)(H,19,20)/t10?,12-/m1/s1. The van der Waals surface area contributed by atoms with Crippen LogP contribution in [-0.4, -0.2) is 29.1 Å². The summed E-state index contributed by atoms with van der Waals surface area (Å²) in [6.45, 7) is 5.40. The predicted octanol–water partition coefficient (Wildman–Crippen LogP) is 2.83. The number of benzene rings is 1. The molecular formula is C15H20BrNO4. The first-order valence-corrected chi connectivity index (χ1v) is 7.55. The fraction of sp³-hybridized carbons (Fsp3) is 0.467. The lowest BCUT2D eigenvalue weighted by Gasteiger charge is -2.20. The van der Waals surface area contributed by atoms with Gasteiger partial charge in [-0.25, -0.2) is 4.79 Å². The van der Waals surface area contributed by atoms with E-state index in [1.165, 1.54) is 0 Å². The number of para-hydroxylation sites is 1. The maximum Gasteiger partial charge on any atom is 0.326 e. The van der Waals surface area contributed by atoms with Gasteiger partial charge in [0.05, 0.1) is 4.47 Å². The number of carboxylic acids is 1. The van der Waals surface area contributed by atoms with E-state index < -0.39 is 24.0 Å². The highest BCUT2D eigenvalue weighted by Crippen LogP contribution is 2.24. The number of rotatable bonds is 7. The van der Waals surface area contributed by atoms with Crippen molar-refractivity contribution >= 4 is 27.8 Å². The maximum atomic E-state index is 12.0. The van der Waals surface area contributed by atoms with Gasteiger partial charge in [0.15, 0.2) is 6.10 Å². The molecule has 0 saturated heterocycles. The number of amides is 1. The minimum Gasteiger partial charge on any atom is -0.480 e. The van der Waals surface area contributed by atoms with Crippen molar-refractivity contribution in [2.75, 3.05) is 0 Å². The van der Waals surface area contributed by atoms with E-state index in [1.54, 1.807) is 25.1 Å². The van der Waals surface area contributed by atoms with Crippen LogP contribution in [-0.2, 0) is 9.59 Å². The van der Waals surface area contributed by atoms with Crippen LogP contribution in [0.4, 0.5) is 0 Å². The predicted molar refractivity (Wildman–Crippen MR) is 83.3 cm³/mol. The Morgan fingerprint density at radius 2 is 1.90 bits per heavy atom. The molecule has 0 bridgehead atoms. The summed E-state index contributed by atoms with van der Waals surface area (Å²) in [5.74, 6) is -0.772. The molecule has 5 nitrogen and oxygen atoms in total. The molecule has 6 heteroatoms. The molecule has 1 rings (SSSR count). The lowest BCUT2D eigenvalue weighted by Crippen LogP contribution is -2.46. The average molecular weight is 358 g/mol. The second kappa shape index (κ2) is 8.02. The van der Waals surface area contributed by atoms with Gasteiger partial charge < -0.3 is 15.2 Å². The molecule has 0 aliphatic rings. The number of hydrogen-bond donors (Lipinski definition) is 2. The molecule has 0 spiro atoms. The number of nitrogens with one attached hydrogen (secondary N) is 1. The third kappa shape index (κ3) is 5.75. The van der Waals surface area contributed by atoms with Gasteiger partial charge in [0.25, 0.3) is 5.91 Å². The molecule has 0 heterocycles. The second-order valence-corrected chi connectivity index (χ2v) is 6.07. The summed E-state index contributed by atoms with van der Waals surface area (Å²) in [6, 6.07) is 6.27. The van der Waals surface area contributed by atoms with Crippen LogP contribution < -0.4 is 10.1 Å². The summed E-state index contributed by atoms with van der Waals surface area (Å²) < 4.78 is 6.28. The van der Waals surface area contributed by atoms with Crippen molar-refractivity contribution in [3.8, 4) is 5.75 Å². The molecule has 1 aromatic carbocycles. The van der Waals surface area contributed by atoms with E-state index in [0.29, 0.717) is 12.2 Å². The summed E-state index contributed by atoms with van der Waals surface area (Å²) in [5.41, 5.74) is 0. The Morgan fingerprint density at radius 3 is 2.43 bits per heavy atom. The zero-order valence-corrected chi connectivity index (χ0v) is 13.9. The molecular weight excluding hydrogens is 338 g/mol. The average Bonchev–Trinajstić information content (AvgIpc) is 2.39. The first-order valence-electron chi connectivity index (χ1n) is 6.75. The molecule has 0 aromatic heterocycles. The first-order chi connectivity index (χ1) is 9.81. The van der Waals surface area contributed by atoms with Crippen molar-refractivity contribution in [3.63, 3.8) is 0 Å². The number of carbonyl (C=O) groups excluding carboxylic acids is 1. The van der Waals surface area contributed by atoms with Crippen LogP contribution in [0.1, 0.15) is 27.2 Å². The number of halogens is 1. The van der Waals surface area contributed by atoms with Crippen LogP contribution in [0, 0.1) is 5.92 Å². The lowest BCUT2D eigenvalue weighted by atomic mass is 10.0. The van der Waals surface area contributed by atoms with E-state index in [-0.39, 0.29) is 5.92 Å². The maximum absolute atomic E-state index is 12.0. The van der Waals surface area contributed by atoms with E-state index >= 15 is 0 Å². The molecule has 0 fully saturated rings. The number of aliphatic carboxylic acids is 1. The molecule has 2 N–H and O–H groups in total. The highest BCUT2D eigenvalue weighted by Gasteiger charge is 2.24. The molecule has 1 aromatic rings. The number of carboxylic acid groups (broad SMARTS) is 1. The largest absolute Gasteiger partial charge is 0.480 e. The molecule has 2 atom stereocenters. The summed E-state index contributed by atoms with van der Waals surface area (Å²) in [4.78, 5) is 23.2. The first kappa shape index (κ1) is 17.5. The highest BCUT2D eigenvalue weighted by molar-refractivity contribution is 9.10. The Balaban J connectivity index is 2.65. The van der Waals surface area contributed by atoms with E-state index in [2.05, 4.69) is 21.2 Å². The second-order valence-electron chi connectivity index (χ2n) is 5.22. The topological polar surface area (TPSA) is 75.6 Å². The van der Waals surface area contributed by atoms with Gasteiger partial charge in [0.1, 0.15) is 11.8 Å². The summed E-state index contributed by atoms with van der Waals surface area (Å²) in [5, 5.41) is 11.6. The van der Waals surface area contributed by atoms with Gasteiger partial charge in [-0.1, -0.05) is 26.0 Å². The SMILES string of the molecule is CC(C)C[C@@H](NC(=O)C(C)Oc1ccccc1Br)C(=O)O.